The fourth-order valence-corrected chi connectivity index (χ4v) is 1.97. The molecule has 0 bridgehead atoms. The Morgan fingerprint density at radius 2 is 1.84 bits per heavy atom. The van der Waals surface area contributed by atoms with Crippen LogP contribution in [-0.4, -0.2) is 18.1 Å². The molecule has 0 saturated carbocycles. The summed E-state index contributed by atoms with van der Waals surface area (Å²) in [6.45, 7) is 6.76. The third-order valence-corrected chi connectivity index (χ3v) is 3.09. The van der Waals surface area contributed by atoms with Crippen molar-refractivity contribution < 1.29 is 4.74 Å². The normalized spacial score (nSPS) is 10.6. The lowest BCUT2D eigenvalue weighted by Crippen LogP contribution is -2.00. The summed E-state index contributed by atoms with van der Waals surface area (Å²) < 4.78 is 5.67. The van der Waals surface area contributed by atoms with E-state index >= 15 is 0 Å². The zero-order valence-electron chi connectivity index (χ0n) is 12.5. The molecular formula is C16H28N2O. The molecule has 0 aliphatic rings. The van der Waals surface area contributed by atoms with Crippen molar-refractivity contribution in [3.05, 3.63) is 23.9 Å². The van der Waals surface area contributed by atoms with E-state index in [1.807, 2.05) is 12.3 Å². The molecular weight excluding hydrogens is 236 g/mol. The van der Waals surface area contributed by atoms with E-state index in [0.717, 1.165) is 24.5 Å². The number of rotatable bonds is 11. The molecule has 3 nitrogen and oxygen atoms in total. The zero-order valence-corrected chi connectivity index (χ0v) is 12.5. The number of aromatic nitrogens is 1. The van der Waals surface area contributed by atoms with Crippen molar-refractivity contribution in [2.24, 2.45) is 0 Å². The molecule has 0 atom stereocenters. The number of ether oxygens (including phenoxy) is 1. The average Bonchev–Trinajstić information content (AvgIpc) is 2.44. The fraction of sp³-hybridized carbons (Fsp3) is 0.688. The highest BCUT2D eigenvalue weighted by atomic mass is 16.5. The highest BCUT2D eigenvalue weighted by molar-refractivity contribution is 5.34. The van der Waals surface area contributed by atoms with Crippen LogP contribution >= 0.6 is 0 Å². The Hall–Kier alpha value is -1.09. The molecule has 1 heterocycles. The second kappa shape index (κ2) is 10.8. The lowest BCUT2D eigenvalue weighted by atomic mass is 10.1. The minimum atomic E-state index is 0.675. The van der Waals surface area contributed by atoms with Crippen molar-refractivity contribution in [1.82, 2.24) is 4.98 Å². The number of hydrogen-bond donors (Lipinski definition) is 1. The van der Waals surface area contributed by atoms with E-state index in [9.17, 15) is 0 Å². The summed E-state index contributed by atoms with van der Waals surface area (Å²) in [5, 5.41) is 3.18. The van der Waals surface area contributed by atoms with E-state index in [4.69, 9.17) is 4.74 Å². The molecule has 0 amide bonds. The first-order chi connectivity index (χ1) is 9.36. The van der Waals surface area contributed by atoms with Gasteiger partial charge in [0.05, 0.1) is 6.61 Å². The first-order valence-electron chi connectivity index (χ1n) is 7.63. The van der Waals surface area contributed by atoms with Gasteiger partial charge in [-0.05, 0) is 25.0 Å². The van der Waals surface area contributed by atoms with Crippen LogP contribution in [0.15, 0.2) is 18.3 Å². The van der Waals surface area contributed by atoms with Crippen LogP contribution in [0.4, 0.5) is 5.82 Å². The summed E-state index contributed by atoms with van der Waals surface area (Å²) in [4.78, 5) is 4.33. The van der Waals surface area contributed by atoms with Gasteiger partial charge in [-0.2, -0.15) is 0 Å². The Labute approximate surface area is 117 Å². The molecule has 0 unspecified atom stereocenters. The molecule has 1 N–H and O–H groups in total. The van der Waals surface area contributed by atoms with Crippen LogP contribution in [0, 0.1) is 0 Å². The van der Waals surface area contributed by atoms with Gasteiger partial charge in [0.2, 0.25) is 0 Å². The van der Waals surface area contributed by atoms with Gasteiger partial charge >= 0.3 is 0 Å². The van der Waals surface area contributed by atoms with Crippen molar-refractivity contribution in [3.63, 3.8) is 0 Å². The maximum absolute atomic E-state index is 5.67. The fourth-order valence-electron chi connectivity index (χ4n) is 1.97. The number of nitrogens with zero attached hydrogens (tertiary/aromatic N) is 1. The molecule has 1 aromatic rings. The van der Waals surface area contributed by atoms with Gasteiger partial charge in [0, 0.05) is 19.3 Å². The summed E-state index contributed by atoms with van der Waals surface area (Å²) in [5.74, 6) is 0.933. The van der Waals surface area contributed by atoms with E-state index in [1.165, 1.54) is 38.5 Å². The van der Waals surface area contributed by atoms with Crippen molar-refractivity contribution in [2.45, 2.75) is 59.0 Å². The van der Waals surface area contributed by atoms with Gasteiger partial charge in [-0.3, -0.25) is 0 Å². The molecule has 1 aromatic heterocycles. The molecule has 1 rings (SSSR count). The van der Waals surface area contributed by atoms with E-state index in [2.05, 4.69) is 30.2 Å². The second-order valence-electron chi connectivity index (χ2n) is 4.90. The Morgan fingerprint density at radius 3 is 2.53 bits per heavy atom. The first-order valence-corrected chi connectivity index (χ1v) is 7.63. The summed E-state index contributed by atoms with van der Waals surface area (Å²) in [7, 11) is 0. The van der Waals surface area contributed by atoms with Crippen LogP contribution in [0.1, 0.15) is 57.9 Å². The maximum Gasteiger partial charge on any atom is 0.125 e. The van der Waals surface area contributed by atoms with Crippen LogP contribution in [0.5, 0.6) is 0 Å². The van der Waals surface area contributed by atoms with E-state index in [-0.39, 0.29) is 0 Å². The summed E-state index contributed by atoms with van der Waals surface area (Å²) in [6.07, 6.45) is 9.74. The van der Waals surface area contributed by atoms with Crippen LogP contribution in [-0.2, 0) is 11.3 Å². The molecule has 0 fully saturated rings. The standard InChI is InChI=1S/C16H28N2O/c1-3-5-6-7-8-9-12-19-14-15-10-11-16(17-4-2)18-13-15/h10-11,13H,3-9,12,14H2,1-2H3,(H,17,18). The molecule has 0 saturated heterocycles. The zero-order chi connectivity index (χ0) is 13.8. The number of anilines is 1. The highest BCUT2D eigenvalue weighted by Crippen LogP contribution is 2.08. The van der Waals surface area contributed by atoms with Crippen LogP contribution in [0.25, 0.3) is 0 Å². The average molecular weight is 264 g/mol. The first kappa shape index (κ1) is 16.0. The number of nitrogens with one attached hydrogen (secondary N) is 1. The Kier molecular flexibility index (Phi) is 9.07. The molecule has 108 valence electrons. The van der Waals surface area contributed by atoms with Gasteiger partial charge in [-0.1, -0.05) is 45.1 Å². The number of hydrogen-bond acceptors (Lipinski definition) is 3. The quantitative estimate of drug-likeness (QED) is 0.602. The summed E-state index contributed by atoms with van der Waals surface area (Å²) in [5.41, 5.74) is 1.15. The Balaban J connectivity index is 2.02. The van der Waals surface area contributed by atoms with E-state index < -0.39 is 0 Å². The molecule has 0 aliphatic carbocycles. The maximum atomic E-state index is 5.67. The Bertz CT molecular complexity index is 311. The van der Waals surface area contributed by atoms with Crippen molar-refractivity contribution in [3.8, 4) is 0 Å². The van der Waals surface area contributed by atoms with Gasteiger partial charge in [-0.15, -0.1) is 0 Å². The topological polar surface area (TPSA) is 34.1 Å². The van der Waals surface area contributed by atoms with Gasteiger partial charge in [0.15, 0.2) is 0 Å². The molecule has 0 spiro atoms. The molecule has 0 radical (unpaired) electrons. The minimum absolute atomic E-state index is 0.675. The van der Waals surface area contributed by atoms with Gasteiger partial charge in [0.1, 0.15) is 5.82 Å². The van der Waals surface area contributed by atoms with Gasteiger partial charge < -0.3 is 10.1 Å². The largest absolute Gasteiger partial charge is 0.377 e. The van der Waals surface area contributed by atoms with Crippen molar-refractivity contribution in [2.75, 3.05) is 18.5 Å². The van der Waals surface area contributed by atoms with Crippen molar-refractivity contribution in [1.29, 1.82) is 0 Å². The molecule has 0 aliphatic heterocycles. The second-order valence-corrected chi connectivity index (χ2v) is 4.90. The summed E-state index contributed by atoms with van der Waals surface area (Å²) >= 11 is 0. The van der Waals surface area contributed by atoms with E-state index in [1.54, 1.807) is 0 Å². The molecule has 3 heteroatoms. The third-order valence-electron chi connectivity index (χ3n) is 3.09. The van der Waals surface area contributed by atoms with Crippen LogP contribution < -0.4 is 5.32 Å². The molecule has 19 heavy (non-hydrogen) atoms. The van der Waals surface area contributed by atoms with Gasteiger partial charge in [-0.25, -0.2) is 4.98 Å². The van der Waals surface area contributed by atoms with Crippen LogP contribution in [0.3, 0.4) is 0 Å². The van der Waals surface area contributed by atoms with Crippen molar-refractivity contribution >= 4 is 5.82 Å². The highest BCUT2D eigenvalue weighted by Gasteiger charge is 1.96. The number of unbranched alkanes of at least 4 members (excludes halogenated alkanes) is 5. The SMILES string of the molecule is CCCCCCCCOCc1ccc(NCC)nc1. The lowest BCUT2D eigenvalue weighted by Gasteiger charge is -2.06. The minimum Gasteiger partial charge on any atom is -0.377 e. The third kappa shape index (κ3) is 7.83. The monoisotopic (exact) mass is 264 g/mol. The molecule has 0 aromatic carbocycles. The van der Waals surface area contributed by atoms with Crippen LogP contribution in [0.2, 0.25) is 0 Å². The summed E-state index contributed by atoms with van der Waals surface area (Å²) in [6, 6.07) is 4.08. The predicted molar refractivity (Wildman–Crippen MR) is 81.4 cm³/mol. The van der Waals surface area contributed by atoms with E-state index in [0.29, 0.717) is 6.61 Å². The smallest absolute Gasteiger partial charge is 0.125 e. The lowest BCUT2D eigenvalue weighted by molar-refractivity contribution is 0.116. The van der Waals surface area contributed by atoms with Gasteiger partial charge in [0.25, 0.3) is 0 Å². The Morgan fingerprint density at radius 1 is 1.05 bits per heavy atom. The predicted octanol–water partition coefficient (Wildman–Crippen LogP) is 4.39. The number of pyridine rings is 1.